The number of nitrogens with one attached hydrogen (secondary N) is 2. The first-order valence-corrected chi connectivity index (χ1v) is 10.2. The third-order valence-corrected chi connectivity index (χ3v) is 5.45. The molecule has 0 spiro atoms. The third kappa shape index (κ3) is 4.20. The molecule has 9 heteroatoms. The number of piperazine rings is 1. The van der Waals surface area contributed by atoms with Crippen molar-refractivity contribution < 1.29 is 14.3 Å². The first-order chi connectivity index (χ1) is 14.6. The molecule has 2 N–H and O–H groups in total. The van der Waals surface area contributed by atoms with Gasteiger partial charge in [-0.3, -0.25) is 14.5 Å². The Hall–Kier alpha value is -3.20. The molecule has 0 aliphatic carbocycles. The number of fused-ring (bicyclic) bond motifs is 1. The Balaban J connectivity index is 1.34. The number of nitrogens with zero attached hydrogens (tertiary/aromatic N) is 4. The van der Waals surface area contributed by atoms with Gasteiger partial charge in [0, 0.05) is 39.8 Å². The minimum absolute atomic E-state index is 0.0840. The van der Waals surface area contributed by atoms with Crippen LogP contribution in [0.1, 0.15) is 29.4 Å². The maximum absolute atomic E-state index is 12.1. The smallest absolute Gasteiger partial charge is 0.271 e. The zero-order chi connectivity index (χ0) is 21.1. The summed E-state index contributed by atoms with van der Waals surface area (Å²) in [5.41, 5.74) is 2.19. The lowest BCUT2D eigenvalue weighted by molar-refractivity contribution is -0.123. The maximum Gasteiger partial charge on any atom is 0.271 e. The molecule has 30 heavy (non-hydrogen) atoms. The van der Waals surface area contributed by atoms with Crippen molar-refractivity contribution in [2.75, 3.05) is 43.4 Å². The van der Waals surface area contributed by atoms with Gasteiger partial charge in [-0.2, -0.15) is 0 Å². The van der Waals surface area contributed by atoms with Gasteiger partial charge >= 0.3 is 0 Å². The zero-order valence-electron chi connectivity index (χ0n) is 17.2. The fourth-order valence-corrected chi connectivity index (χ4v) is 3.70. The van der Waals surface area contributed by atoms with Crippen LogP contribution in [-0.4, -0.2) is 66.2 Å². The van der Waals surface area contributed by atoms with E-state index in [0.717, 1.165) is 55.5 Å². The van der Waals surface area contributed by atoms with Crippen molar-refractivity contribution in [3.05, 3.63) is 41.6 Å². The van der Waals surface area contributed by atoms with Gasteiger partial charge in [0.05, 0.1) is 5.69 Å². The van der Waals surface area contributed by atoms with Gasteiger partial charge in [-0.1, -0.05) is 13.0 Å². The van der Waals surface area contributed by atoms with E-state index in [1.807, 2.05) is 25.1 Å². The summed E-state index contributed by atoms with van der Waals surface area (Å²) in [7, 11) is 1.57. The van der Waals surface area contributed by atoms with Gasteiger partial charge < -0.3 is 20.3 Å². The molecule has 1 aromatic heterocycles. The molecule has 2 aliphatic heterocycles. The van der Waals surface area contributed by atoms with E-state index >= 15 is 0 Å². The number of anilines is 2. The van der Waals surface area contributed by atoms with E-state index in [4.69, 9.17) is 4.74 Å². The van der Waals surface area contributed by atoms with Crippen LogP contribution in [0.15, 0.2) is 30.3 Å². The molecule has 158 valence electrons. The van der Waals surface area contributed by atoms with Gasteiger partial charge in [0.15, 0.2) is 17.6 Å². The lowest BCUT2D eigenvalue weighted by Gasteiger charge is -2.35. The molecule has 2 aliphatic rings. The standard InChI is InChI=1S/C21H26N6O3/c1-3-17-21(29)23-16-12-14(4-6-18(16)30-17)13-26-8-10-27(11-9-26)19-7-5-15(24-25-19)20(28)22-2/h4-7,12,17H,3,8-11,13H2,1-2H3,(H,22,28)(H,23,29). The molecule has 3 heterocycles. The number of amides is 2. The van der Waals surface area contributed by atoms with E-state index in [0.29, 0.717) is 12.1 Å². The van der Waals surface area contributed by atoms with Crippen LogP contribution in [0.5, 0.6) is 5.75 Å². The number of carbonyl (C=O) groups is 2. The molecule has 1 unspecified atom stereocenters. The second-order valence-corrected chi connectivity index (χ2v) is 7.45. The SMILES string of the molecule is CCC1Oc2ccc(CN3CCN(c4ccc(C(=O)NC)nn4)CC3)cc2NC1=O. The quantitative estimate of drug-likeness (QED) is 0.766. The minimum atomic E-state index is -0.412. The monoisotopic (exact) mass is 410 g/mol. The average molecular weight is 410 g/mol. The summed E-state index contributed by atoms with van der Waals surface area (Å²) in [5.74, 6) is 1.19. The molecule has 1 saturated heterocycles. The molecule has 1 fully saturated rings. The van der Waals surface area contributed by atoms with E-state index in [1.54, 1.807) is 13.1 Å². The summed E-state index contributed by atoms with van der Waals surface area (Å²) in [6.07, 6.45) is 0.237. The number of aromatic nitrogens is 2. The van der Waals surface area contributed by atoms with Gasteiger partial charge in [0.2, 0.25) is 0 Å². The highest BCUT2D eigenvalue weighted by atomic mass is 16.5. The van der Waals surface area contributed by atoms with Crippen molar-refractivity contribution in [1.29, 1.82) is 0 Å². The molecule has 1 aromatic carbocycles. The molecular weight excluding hydrogens is 384 g/mol. The number of ether oxygens (including phenoxy) is 1. The van der Waals surface area contributed by atoms with E-state index in [-0.39, 0.29) is 11.8 Å². The summed E-state index contributed by atoms with van der Waals surface area (Å²) in [6, 6.07) is 9.52. The average Bonchev–Trinajstić information content (AvgIpc) is 2.78. The number of hydrogen-bond donors (Lipinski definition) is 2. The van der Waals surface area contributed by atoms with Crippen molar-refractivity contribution in [1.82, 2.24) is 20.4 Å². The Bertz CT molecular complexity index is 925. The van der Waals surface area contributed by atoms with Crippen LogP contribution in [0.25, 0.3) is 0 Å². The van der Waals surface area contributed by atoms with Crippen molar-refractivity contribution in [3.63, 3.8) is 0 Å². The normalized spacial score (nSPS) is 18.9. The van der Waals surface area contributed by atoms with Crippen LogP contribution in [0.3, 0.4) is 0 Å². The Morgan fingerprint density at radius 1 is 1.20 bits per heavy atom. The highest BCUT2D eigenvalue weighted by molar-refractivity contribution is 5.97. The summed E-state index contributed by atoms with van der Waals surface area (Å²) >= 11 is 0. The number of carbonyl (C=O) groups excluding carboxylic acids is 2. The lowest BCUT2D eigenvalue weighted by Crippen LogP contribution is -2.46. The second kappa shape index (κ2) is 8.66. The summed E-state index contributed by atoms with van der Waals surface area (Å²) < 4.78 is 5.76. The number of rotatable bonds is 5. The summed E-state index contributed by atoms with van der Waals surface area (Å²) in [5, 5.41) is 13.7. The Labute approximate surface area is 175 Å². The highest BCUT2D eigenvalue weighted by Crippen LogP contribution is 2.31. The fraction of sp³-hybridized carbons (Fsp3) is 0.429. The lowest BCUT2D eigenvalue weighted by atomic mass is 10.1. The molecule has 2 amide bonds. The first-order valence-electron chi connectivity index (χ1n) is 10.2. The van der Waals surface area contributed by atoms with Crippen LogP contribution < -0.4 is 20.3 Å². The summed E-state index contributed by atoms with van der Waals surface area (Å²) in [4.78, 5) is 28.2. The molecule has 4 rings (SSSR count). The van der Waals surface area contributed by atoms with E-state index < -0.39 is 6.10 Å². The van der Waals surface area contributed by atoms with Crippen LogP contribution in [0.4, 0.5) is 11.5 Å². The van der Waals surface area contributed by atoms with Crippen molar-refractivity contribution in [2.45, 2.75) is 26.0 Å². The fourth-order valence-electron chi connectivity index (χ4n) is 3.70. The molecule has 0 radical (unpaired) electrons. The largest absolute Gasteiger partial charge is 0.478 e. The van der Waals surface area contributed by atoms with Crippen LogP contribution in [0.2, 0.25) is 0 Å². The van der Waals surface area contributed by atoms with Gasteiger partial charge in [0.25, 0.3) is 11.8 Å². The maximum atomic E-state index is 12.1. The zero-order valence-corrected chi connectivity index (χ0v) is 17.2. The first kappa shape index (κ1) is 20.1. The van der Waals surface area contributed by atoms with Crippen LogP contribution in [-0.2, 0) is 11.3 Å². The highest BCUT2D eigenvalue weighted by Gasteiger charge is 2.26. The molecule has 2 aromatic rings. The van der Waals surface area contributed by atoms with Gasteiger partial charge in [-0.15, -0.1) is 10.2 Å². The van der Waals surface area contributed by atoms with E-state index in [1.165, 1.54) is 0 Å². The van der Waals surface area contributed by atoms with Gasteiger partial charge in [-0.05, 0) is 36.2 Å². The third-order valence-electron chi connectivity index (χ3n) is 5.45. The number of hydrogen-bond acceptors (Lipinski definition) is 7. The topological polar surface area (TPSA) is 99.7 Å². The van der Waals surface area contributed by atoms with Gasteiger partial charge in [-0.25, -0.2) is 0 Å². The van der Waals surface area contributed by atoms with Crippen molar-refractivity contribution in [3.8, 4) is 5.75 Å². The van der Waals surface area contributed by atoms with E-state index in [2.05, 4.69) is 36.7 Å². The Morgan fingerprint density at radius 2 is 2.00 bits per heavy atom. The number of benzene rings is 1. The minimum Gasteiger partial charge on any atom is -0.478 e. The Kier molecular flexibility index (Phi) is 5.80. The molecule has 0 saturated carbocycles. The molecule has 0 bridgehead atoms. The Morgan fingerprint density at radius 3 is 2.67 bits per heavy atom. The predicted molar refractivity (Wildman–Crippen MR) is 113 cm³/mol. The van der Waals surface area contributed by atoms with E-state index in [9.17, 15) is 9.59 Å². The predicted octanol–water partition coefficient (Wildman–Crippen LogP) is 1.27. The van der Waals surface area contributed by atoms with Crippen LogP contribution >= 0.6 is 0 Å². The van der Waals surface area contributed by atoms with Crippen molar-refractivity contribution in [2.24, 2.45) is 0 Å². The summed E-state index contributed by atoms with van der Waals surface area (Å²) in [6.45, 7) is 6.17. The van der Waals surface area contributed by atoms with Crippen molar-refractivity contribution >= 4 is 23.3 Å². The molecular formula is C21H26N6O3. The van der Waals surface area contributed by atoms with Crippen LogP contribution in [0, 0.1) is 0 Å². The molecule has 9 nitrogen and oxygen atoms in total. The van der Waals surface area contributed by atoms with Gasteiger partial charge in [0.1, 0.15) is 5.75 Å². The molecule has 1 atom stereocenters. The second-order valence-electron chi connectivity index (χ2n) is 7.45.